The lowest BCUT2D eigenvalue weighted by molar-refractivity contribution is -0.273. The molecule has 174 valence electrons. The summed E-state index contributed by atoms with van der Waals surface area (Å²) < 4.78 is 77.1. The third-order valence-corrected chi connectivity index (χ3v) is 5.49. The molecule has 0 aromatic heterocycles. The molecule has 0 N–H and O–H groups in total. The van der Waals surface area contributed by atoms with Crippen LogP contribution < -0.4 is 0 Å². The third kappa shape index (κ3) is 5.23. The number of halogens is 5. The van der Waals surface area contributed by atoms with Crippen LogP contribution in [0.2, 0.25) is 0 Å². The van der Waals surface area contributed by atoms with Crippen molar-refractivity contribution in [2.24, 2.45) is 5.92 Å². The van der Waals surface area contributed by atoms with E-state index in [0.29, 0.717) is 0 Å². The van der Waals surface area contributed by atoms with E-state index in [4.69, 9.17) is 9.47 Å². The lowest BCUT2D eigenvalue weighted by Crippen LogP contribution is -2.54. The van der Waals surface area contributed by atoms with Crippen molar-refractivity contribution in [1.29, 1.82) is 0 Å². The van der Waals surface area contributed by atoms with Gasteiger partial charge in [0.1, 0.15) is 17.4 Å². The highest BCUT2D eigenvalue weighted by Crippen LogP contribution is 2.44. The van der Waals surface area contributed by atoms with Crippen LogP contribution in [0.25, 0.3) is 0 Å². The fourth-order valence-electron chi connectivity index (χ4n) is 4.19. The maximum absolute atomic E-state index is 13.9. The van der Waals surface area contributed by atoms with Gasteiger partial charge in [-0.1, -0.05) is 32.1 Å². The molecule has 1 saturated carbocycles. The zero-order chi connectivity index (χ0) is 23.1. The van der Waals surface area contributed by atoms with Crippen molar-refractivity contribution in [3.05, 3.63) is 0 Å². The number of nitrogens with zero attached hydrogens (tertiary/aromatic N) is 1. The smallest absolute Gasteiger partial charge is 0.444 e. The zero-order valence-electron chi connectivity index (χ0n) is 17.9. The number of carbonyl (C=O) groups is 2. The highest BCUT2D eigenvalue weighted by atomic mass is 19.4. The Bertz CT molecular complexity index is 651. The Morgan fingerprint density at radius 1 is 1.03 bits per heavy atom. The van der Waals surface area contributed by atoms with Crippen molar-refractivity contribution in [3.63, 3.8) is 0 Å². The minimum atomic E-state index is -6.05. The SMILES string of the molecule is CC(C)(C)OC(=O)N1C(CC2CCCCC2)C(C(=O)C(F)(F)C(F)(F)F)OC1(C)C. The normalized spacial score (nSPS) is 26.0. The average molecular weight is 443 g/mol. The summed E-state index contributed by atoms with van der Waals surface area (Å²) in [7, 11) is 0. The minimum absolute atomic E-state index is 0.0130. The van der Waals surface area contributed by atoms with Gasteiger partial charge in [0.15, 0.2) is 0 Å². The second-order valence-corrected chi connectivity index (χ2v) is 9.58. The average Bonchev–Trinajstić information content (AvgIpc) is 2.83. The Morgan fingerprint density at radius 3 is 2.03 bits per heavy atom. The number of carbonyl (C=O) groups excluding carboxylic acids is 2. The number of hydrogen-bond donors (Lipinski definition) is 0. The van der Waals surface area contributed by atoms with E-state index >= 15 is 0 Å². The van der Waals surface area contributed by atoms with Crippen molar-refractivity contribution >= 4 is 11.9 Å². The molecule has 0 aromatic rings. The van der Waals surface area contributed by atoms with Gasteiger partial charge >= 0.3 is 18.2 Å². The monoisotopic (exact) mass is 443 g/mol. The largest absolute Gasteiger partial charge is 0.461 e. The van der Waals surface area contributed by atoms with Crippen LogP contribution in [0.5, 0.6) is 0 Å². The van der Waals surface area contributed by atoms with Crippen molar-refractivity contribution in [1.82, 2.24) is 4.90 Å². The quantitative estimate of drug-likeness (QED) is 0.541. The minimum Gasteiger partial charge on any atom is -0.444 e. The highest BCUT2D eigenvalue weighted by molar-refractivity contribution is 5.92. The fourth-order valence-corrected chi connectivity index (χ4v) is 4.19. The van der Waals surface area contributed by atoms with E-state index in [1.807, 2.05) is 0 Å². The summed E-state index contributed by atoms with van der Waals surface area (Å²) >= 11 is 0. The van der Waals surface area contributed by atoms with E-state index in [1.54, 1.807) is 20.8 Å². The molecule has 0 aromatic carbocycles. The second-order valence-electron chi connectivity index (χ2n) is 9.58. The Kier molecular flexibility index (Phi) is 6.82. The summed E-state index contributed by atoms with van der Waals surface area (Å²) in [6.07, 6.45) is -4.69. The third-order valence-electron chi connectivity index (χ3n) is 5.49. The molecular weight excluding hydrogens is 413 g/mol. The van der Waals surface area contributed by atoms with E-state index in [-0.39, 0.29) is 12.3 Å². The summed E-state index contributed by atoms with van der Waals surface area (Å²) in [6.45, 7) is 7.51. The number of amides is 1. The van der Waals surface area contributed by atoms with Crippen LogP contribution in [0.4, 0.5) is 26.7 Å². The van der Waals surface area contributed by atoms with E-state index in [9.17, 15) is 31.5 Å². The summed E-state index contributed by atoms with van der Waals surface area (Å²) in [5, 5.41) is 0. The fraction of sp³-hybridized carbons (Fsp3) is 0.900. The van der Waals surface area contributed by atoms with Crippen LogP contribution in [-0.4, -0.2) is 52.3 Å². The van der Waals surface area contributed by atoms with Gasteiger partial charge in [0.25, 0.3) is 0 Å². The number of rotatable bonds is 4. The van der Waals surface area contributed by atoms with Gasteiger partial charge < -0.3 is 9.47 Å². The van der Waals surface area contributed by atoms with E-state index < -0.39 is 47.4 Å². The van der Waals surface area contributed by atoms with Crippen LogP contribution in [0.3, 0.4) is 0 Å². The number of hydrogen-bond acceptors (Lipinski definition) is 4. The summed E-state index contributed by atoms with van der Waals surface area (Å²) in [5.41, 5.74) is -2.52. The number of Topliss-reactive ketones (excluding diaryl/α,β-unsaturated/α-hetero) is 1. The van der Waals surface area contributed by atoms with Gasteiger partial charge in [-0.3, -0.25) is 9.69 Å². The number of alkyl halides is 5. The molecule has 1 heterocycles. The Labute approximate surface area is 173 Å². The van der Waals surface area contributed by atoms with Crippen molar-refractivity contribution in [2.45, 2.75) is 109 Å². The predicted molar refractivity (Wildman–Crippen MR) is 98.0 cm³/mol. The van der Waals surface area contributed by atoms with Crippen LogP contribution in [-0.2, 0) is 14.3 Å². The highest BCUT2D eigenvalue weighted by Gasteiger charge is 2.68. The standard InChI is InChI=1S/C20H30F5NO4/c1-17(2,3)30-16(28)26-13(11-12-9-7-6-8-10-12)14(29-18(26,4)5)15(27)19(21,22)20(23,24)25/h12-14H,6-11H2,1-5H3. The topological polar surface area (TPSA) is 55.8 Å². The molecule has 2 aliphatic rings. The Morgan fingerprint density at radius 2 is 1.57 bits per heavy atom. The maximum Gasteiger partial charge on any atom is 0.461 e. The molecule has 1 amide bonds. The Hall–Kier alpha value is -1.45. The van der Waals surface area contributed by atoms with Gasteiger partial charge in [-0.2, -0.15) is 22.0 Å². The molecule has 0 radical (unpaired) electrons. The van der Waals surface area contributed by atoms with Crippen molar-refractivity contribution in [3.8, 4) is 0 Å². The van der Waals surface area contributed by atoms with Gasteiger partial charge in [-0.05, 0) is 47.0 Å². The van der Waals surface area contributed by atoms with Crippen LogP contribution >= 0.6 is 0 Å². The first kappa shape index (κ1) is 24.8. The molecule has 2 atom stereocenters. The first-order valence-corrected chi connectivity index (χ1v) is 10.2. The lowest BCUT2D eigenvalue weighted by atomic mass is 9.82. The zero-order valence-corrected chi connectivity index (χ0v) is 17.9. The van der Waals surface area contributed by atoms with Crippen molar-refractivity contribution < 1.29 is 41.0 Å². The molecule has 10 heteroatoms. The Balaban J connectivity index is 2.41. The van der Waals surface area contributed by atoms with Gasteiger partial charge in [0, 0.05) is 0 Å². The molecule has 1 aliphatic heterocycles. The molecule has 1 saturated heterocycles. The first-order chi connectivity index (χ1) is 13.5. The van der Waals surface area contributed by atoms with E-state index in [0.717, 1.165) is 37.0 Å². The molecule has 0 bridgehead atoms. The molecule has 2 fully saturated rings. The molecule has 2 unspecified atom stereocenters. The summed E-state index contributed by atoms with van der Waals surface area (Å²) in [6, 6.07) is -1.28. The van der Waals surface area contributed by atoms with Gasteiger partial charge in [0.05, 0.1) is 6.04 Å². The van der Waals surface area contributed by atoms with Gasteiger partial charge in [-0.15, -0.1) is 0 Å². The van der Waals surface area contributed by atoms with Crippen molar-refractivity contribution in [2.75, 3.05) is 0 Å². The second kappa shape index (κ2) is 8.24. The summed E-state index contributed by atoms with van der Waals surface area (Å²) in [5.74, 6) is -7.97. The van der Waals surface area contributed by atoms with Gasteiger partial charge in [-0.25, -0.2) is 4.79 Å². The number of ether oxygens (including phenoxy) is 2. The molecular formula is C20H30F5NO4. The molecule has 0 spiro atoms. The molecule has 30 heavy (non-hydrogen) atoms. The van der Waals surface area contributed by atoms with Crippen LogP contribution in [0, 0.1) is 5.92 Å². The van der Waals surface area contributed by atoms with Gasteiger partial charge in [0.2, 0.25) is 5.78 Å². The van der Waals surface area contributed by atoms with Crippen LogP contribution in [0.15, 0.2) is 0 Å². The first-order valence-electron chi connectivity index (χ1n) is 10.2. The predicted octanol–water partition coefficient (Wildman–Crippen LogP) is 5.46. The summed E-state index contributed by atoms with van der Waals surface area (Å²) in [4.78, 5) is 26.2. The molecule has 5 nitrogen and oxygen atoms in total. The number of ketones is 1. The molecule has 1 aliphatic carbocycles. The van der Waals surface area contributed by atoms with E-state index in [1.165, 1.54) is 13.8 Å². The lowest BCUT2D eigenvalue weighted by Gasteiger charge is -2.36. The van der Waals surface area contributed by atoms with Crippen LogP contribution in [0.1, 0.15) is 73.1 Å². The molecule has 2 rings (SSSR count). The van der Waals surface area contributed by atoms with E-state index in [2.05, 4.69) is 0 Å². The maximum atomic E-state index is 13.9.